The van der Waals surface area contributed by atoms with E-state index in [1.165, 1.54) is 17.7 Å². The zero-order valence-corrected chi connectivity index (χ0v) is 12.8. The minimum absolute atomic E-state index is 0.0440. The molecular formula is C17H21N3O2. The van der Waals surface area contributed by atoms with Crippen LogP contribution in [-0.2, 0) is 0 Å². The topological polar surface area (TPSA) is 66.1 Å². The lowest BCUT2D eigenvalue weighted by Gasteiger charge is -2.40. The van der Waals surface area contributed by atoms with Crippen LogP contribution in [0.4, 0.5) is 0 Å². The van der Waals surface area contributed by atoms with Crippen molar-refractivity contribution in [1.82, 2.24) is 15.1 Å². The molecule has 0 saturated carbocycles. The summed E-state index contributed by atoms with van der Waals surface area (Å²) in [6.07, 6.45) is 7.95. The first kappa shape index (κ1) is 15.9. The van der Waals surface area contributed by atoms with Gasteiger partial charge >= 0.3 is 0 Å². The second kappa shape index (κ2) is 7.02. The van der Waals surface area contributed by atoms with Gasteiger partial charge in [0.25, 0.3) is 11.5 Å². The Kier molecular flexibility index (Phi) is 5.09. The van der Waals surface area contributed by atoms with Crippen LogP contribution in [-0.4, -0.2) is 33.1 Å². The maximum Gasteiger partial charge on any atom is 0.275 e. The summed E-state index contributed by atoms with van der Waals surface area (Å²) in [7, 11) is 0. The van der Waals surface area contributed by atoms with E-state index in [2.05, 4.69) is 36.4 Å². The van der Waals surface area contributed by atoms with Gasteiger partial charge in [-0.05, 0) is 32.3 Å². The summed E-state index contributed by atoms with van der Waals surface area (Å²) in [6, 6.07) is 2.78. The second-order valence-electron chi connectivity index (χ2n) is 5.51. The van der Waals surface area contributed by atoms with E-state index in [0.29, 0.717) is 12.8 Å². The van der Waals surface area contributed by atoms with Crippen LogP contribution in [0.5, 0.6) is 0 Å². The lowest BCUT2D eigenvalue weighted by atomic mass is 9.92. The molecule has 1 aromatic rings. The average Bonchev–Trinajstić information content (AvgIpc) is 2.48. The van der Waals surface area contributed by atoms with Gasteiger partial charge in [-0.2, -0.15) is 5.10 Å². The van der Waals surface area contributed by atoms with Crippen LogP contribution in [0.15, 0.2) is 53.9 Å². The van der Waals surface area contributed by atoms with Gasteiger partial charge in [0.2, 0.25) is 0 Å². The molecule has 116 valence electrons. The molecule has 0 unspecified atom stereocenters. The molecule has 0 spiro atoms. The van der Waals surface area contributed by atoms with Crippen LogP contribution in [0.25, 0.3) is 0 Å². The van der Waals surface area contributed by atoms with Crippen molar-refractivity contribution in [3.63, 3.8) is 0 Å². The van der Waals surface area contributed by atoms with Crippen molar-refractivity contribution in [3.8, 4) is 0 Å². The number of aromatic amines is 1. The Bertz CT molecular complexity index is 640. The molecule has 1 N–H and O–H groups in total. The Balaban J connectivity index is 2.37. The van der Waals surface area contributed by atoms with Crippen molar-refractivity contribution in [2.45, 2.75) is 38.3 Å². The summed E-state index contributed by atoms with van der Waals surface area (Å²) >= 11 is 0. The normalized spacial score (nSPS) is 21.1. The molecule has 0 aromatic carbocycles. The first-order chi connectivity index (χ1) is 10.6. The van der Waals surface area contributed by atoms with E-state index in [1.54, 1.807) is 0 Å². The van der Waals surface area contributed by atoms with E-state index in [4.69, 9.17) is 0 Å². The van der Waals surface area contributed by atoms with E-state index in [1.807, 2.05) is 17.1 Å². The Morgan fingerprint density at radius 2 is 2.14 bits per heavy atom. The fourth-order valence-electron chi connectivity index (χ4n) is 2.87. The fourth-order valence-corrected chi connectivity index (χ4v) is 2.87. The van der Waals surface area contributed by atoms with Crippen molar-refractivity contribution >= 4 is 5.91 Å². The van der Waals surface area contributed by atoms with Crippen LogP contribution < -0.4 is 5.56 Å². The SMILES string of the molecule is C=CC[C@H]1CC(C)=C[C@H](CC=C)N1C(=O)c1ccc(=O)[nH]n1. The van der Waals surface area contributed by atoms with Gasteiger partial charge in [-0.1, -0.05) is 23.8 Å². The first-order valence-corrected chi connectivity index (χ1v) is 7.34. The van der Waals surface area contributed by atoms with Crippen molar-refractivity contribution in [1.29, 1.82) is 0 Å². The number of carbonyl (C=O) groups is 1. The molecule has 0 fully saturated rings. The van der Waals surface area contributed by atoms with Crippen molar-refractivity contribution in [2.24, 2.45) is 0 Å². The molecule has 5 heteroatoms. The van der Waals surface area contributed by atoms with Crippen LogP contribution in [0.3, 0.4) is 0 Å². The van der Waals surface area contributed by atoms with Crippen LogP contribution in [0, 0.1) is 0 Å². The number of nitrogens with one attached hydrogen (secondary N) is 1. The van der Waals surface area contributed by atoms with Crippen molar-refractivity contribution in [3.05, 3.63) is 65.1 Å². The Labute approximate surface area is 130 Å². The number of nitrogens with zero attached hydrogens (tertiary/aromatic N) is 2. The largest absolute Gasteiger partial charge is 0.327 e. The maximum atomic E-state index is 12.8. The van der Waals surface area contributed by atoms with Crippen LogP contribution in [0.2, 0.25) is 0 Å². The highest BCUT2D eigenvalue weighted by molar-refractivity contribution is 5.92. The maximum absolute atomic E-state index is 12.8. The minimum atomic E-state index is -0.323. The van der Waals surface area contributed by atoms with Gasteiger partial charge in [0.15, 0.2) is 0 Å². The molecule has 5 nitrogen and oxygen atoms in total. The highest BCUT2D eigenvalue weighted by atomic mass is 16.2. The molecule has 1 aliphatic rings. The fraction of sp³-hybridized carbons (Fsp3) is 0.353. The van der Waals surface area contributed by atoms with Gasteiger partial charge in [0.1, 0.15) is 5.69 Å². The van der Waals surface area contributed by atoms with Crippen molar-refractivity contribution in [2.75, 3.05) is 0 Å². The van der Waals surface area contributed by atoms with E-state index in [-0.39, 0.29) is 29.2 Å². The van der Waals surface area contributed by atoms with Gasteiger partial charge in [-0.3, -0.25) is 9.59 Å². The number of aromatic nitrogens is 2. The third-order valence-electron chi connectivity index (χ3n) is 3.76. The van der Waals surface area contributed by atoms with E-state index < -0.39 is 0 Å². The van der Waals surface area contributed by atoms with Gasteiger partial charge in [0, 0.05) is 12.1 Å². The summed E-state index contributed by atoms with van der Waals surface area (Å²) in [6.45, 7) is 9.64. The molecule has 1 aromatic heterocycles. The molecular weight excluding hydrogens is 278 g/mol. The zero-order valence-electron chi connectivity index (χ0n) is 12.8. The van der Waals surface area contributed by atoms with Crippen LogP contribution in [0.1, 0.15) is 36.7 Å². The quantitative estimate of drug-likeness (QED) is 0.849. The van der Waals surface area contributed by atoms with E-state index in [0.717, 1.165) is 6.42 Å². The number of carbonyl (C=O) groups excluding carboxylic acids is 1. The molecule has 1 aliphatic heterocycles. The monoisotopic (exact) mass is 299 g/mol. The molecule has 0 saturated heterocycles. The number of H-pyrrole nitrogens is 1. The van der Waals surface area contributed by atoms with Gasteiger partial charge < -0.3 is 4.90 Å². The predicted octanol–water partition coefficient (Wildman–Crippen LogP) is 2.45. The molecule has 0 bridgehead atoms. The third kappa shape index (κ3) is 3.42. The Morgan fingerprint density at radius 1 is 1.41 bits per heavy atom. The van der Waals surface area contributed by atoms with Gasteiger partial charge in [-0.15, -0.1) is 13.2 Å². The molecule has 2 rings (SSSR count). The smallest absolute Gasteiger partial charge is 0.275 e. The van der Waals surface area contributed by atoms with E-state index in [9.17, 15) is 9.59 Å². The third-order valence-corrected chi connectivity index (χ3v) is 3.76. The predicted molar refractivity (Wildman–Crippen MR) is 86.6 cm³/mol. The molecule has 2 heterocycles. The standard InChI is InChI=1S/C17H21N3O2/c1-4-6-13-10-12(3)11-14(7-5-2)20(13)17(22)15-8-9-16(21)19-18-15/h4-5,8-10,13-14H,1-2,6-7,11H2,3H3,(H,19,21)/t13-,14-/m0/s1. The lowest BCUT2D eigenvalue weighted by molar-refractivity contribution is 0.0594. The minimum Gasteiger partial charge on any atom is -0.327 e. The number of rotatable bonds is 5. The van der Waals surface area contributed by atoms with Crippen molar-refractivity contribution < 1.29 is 4.79 Å². The summed E-state index contributed by atoms with van der Waals surface area (Å²) in [5, 5.41) is 6.17. The summed E-state index contributed by atoms with van der Waals surface area (Å²) < 4.78 is 0. The van der Waals surface area contributed by atoms with E-state index >= 15 is 0 Å². The number of amides is 1. The molecule has 0 aliphatic carbocycles. The summed E-state index contributed by atoms with van der Waals surface area (Å²) in [5.41, 5.74) is 1.18. The highest BCUT2D eigenvalue weighted by Gasteiger charge is 2.33. The highest BCUT2D eigenvalue weighted by Crippen LogP contribution is 2.28. The number of hydrogen-bond acceptors (Lipinski definition) is 3. The number of hydrogen-bond donors (Lipinski definition) is 1. The average molecular weight is 299 g/mol. The Hall–Kier alpha value is -2.43. The van der Waals surface area contributed by atoms with Crippen LogP contribution >= 0.6 is 0 Å². The summed E-state index contributed by atoms with van der Waals surface area (Å²) in [5.74, 6) is -0.182. The van der Waals surface area contributed by atoms with Gasteiger partial charge in [-0.25, -0.2) is 5.10 Å². The second-order valence-corrected chi connectivity index (χ2v) is 5.51. The summed E-state index contributed by atoms with van der Waals surface area (Å²) in [4.78, 5) is 25.8. The molecule has 2 atom stereocenters. The molecule has 22 heavy (non-hydrogen) atoms. The molecule has 1 amide bonds. The first-order valence-electron chi connectivity index (χ1n) is 7.34. The lowest BCUT2D eigenvalue weighted by Crippen LogP contribution is -2.49. The molecule has 0 radical (unpaired) electrons. The van der Waals surface area contributed by atoms with Gasteiger partial charge in [0.05, 0.1) is 6.04 Å². The Morgan fingerprint density at radius 3 is 2.73 bits per heavy atom. The zero-order chi connectivity index (χ0) is 16.1.